The molecular formula is C16H18N2O5S2. The van der Waals surface area contributed by atoms with Crippen LogP contribution in [-0.4, -0.2) is 38.0 Å². The van der Waals surface area contributed by atoms with Gasteiger partial charge in [-0.1, -0.05) is 18.2 Å². The number of anilines is 1. The summed E-state index contributed by atoms with van der Waals surface area (Å²) in [6.45, 7) is 0.499. The van der Waals surface area contributed by atoms with Gasteiger partial charge in [0.15, 0.2) is 5.75 Å². The molecule has 9 heteroatoms. The summed E-state index contributed by atoms with van der Waals surface area (Å²) in [6.07, 6.45) is 1.92. The average Bonchev–Trinajstić information content (AvgIpc) is 2.56. The summed E-state index contributed by atoms with van der Waals surface area (Å²) in [7, 11) is -4.20. The number of benzene rings is 2. The lowest BCUT2D eigenvalue weighted by Crippen LogP contribution is -2.16. The zero-order valence-corrected chi connectivity index (χ0v) is 15.1. The summed E-state index contributed by atoms with van der Waals surface area (Å²) < 4.78 is 29.7. The second-order valence-corrected chi connectivity index (χ2v) is 7.55. The number of para-hydroxylation sites is 1. The Balaban J connectivity index is 2.59. The number of carboxylic acid groups (broad SMARTS) is 1. The number of sulfonamides is 1. The number of nitrogens with one attached hydrogen (secondary N) is 1. The molecule has 2 rings (SSSR count). The van der Waals surface area contributed by atoms with Crippen LogP contribution in [0.25, 0.3) is 0 Å². The van der Waals surface area contributed by atoms with Crippen LogP contribution in [0.15, 0.2) is 47.4 Å². The monoisotopic (exact) mass is 382 g/mol. The van der Waals surface area contributed by atoms with Crippen LogP contribution in [-0.2, 0) is 10.0 Å². The van der Waals surface area contributed by atoms with Crippen LogP contribution in [0.1, 0.15) is 10.4 Å². The Labute approximate surface area is 150 Å². The fraction of sp³-hybridized carbons (Fsp3) is 0.188. The molecule has 0 heterocycles. The molecule has 0 saturated heterocycles. The van der Waals surface area contributed by atoms with E-state index < -0.39 is 16.0 Å². The molecule has 0 aromatic heterocycles. The third-order valence-corrected chi connectivity index (χ3v) is 4.72. The van der Waals surface area contributed by atoms with Gasteiger partial charge in [0.25, 0.3) is 0 Å². The van der Waals surface area contributed by atoms with E-state index in [9.17, 15) is 18.3 Å². The van der Waals surface area contributed by atoms with Crippen LogP contribution < -0.4 is 15.2 Å². The smallest absolute Gasteiger partial charge is 0.335 e. The van der Waals surface area contributed by atoms with Crippen molar-refractivity contribution in [3.05, 3.63) is 48.0 Å². The zero-order valence-electron chi connectivity index (χ0n) is 13.4. The number of nitrogens with two attached hydrogens (primary N) is 1. The van der Waals surface area contributed by atoms with Gasteiger partial charge in [-0.15, -0.1) is 0 Å². The fourth-order valence-corrected chi connectivity index (χ4v) is 3.08. The number of hydrogen-bond donors (Lipinski definition) is 3. The molecule has 0 aliphatic rings. The molecule has 0 spiro atoms. The topological polar surface area (TPSA) is 119 Å². The van der Waals surface area contributed by atoms with Gasteiger partial charge in [0.2, 0.25) is 10.0 Å². The third kappa shape index (κ3) is 5.12. The van der Waals surface area contributed by atoms with Crippen LogP contribution in [0, 0.1) is 0 Å². The molecule has 4 N–H and O–H groups in total. The van der Waals surface area contributed by atoms with E-state index in [1.807, 2.05) is 6.26 Å². The van der Waals surface area contributed by atoms with Crippen LogP contribution in [0.2, 0.25) is 0 Å². The molecule has 0 aliphatic carbocycles. The Bertz CT molecular complexity index is 854. The maximum absolute atomic E-state index is 12.0. The number of carboxylic acids is 1. The second-order valence-electron chi connectivity index (χ2n) is 5.04. The van der Waals surface area contributed by atoms with E-state index in [1.165, 1.54) is 6.07 Å². The number of hydrogen-bond acceptors (Lipinski definition) is 6. The highest BCUT2D eigenvalue weighted by atomic mass is 32.2. The molecule has 0 fully saturated rings. The second kappa shape index (κ2) is 8.24. The number of aromatic carboxylic acids is 1. The number of thioether (sulfide) groups is 1. The number of ether oxygens (including phenoxy) is 1. The van der Waals surface area contributed by atoms with E-state index in [-0.39, 0.29) is 21.9 Å². The summed E-state index contributed by atoms with van der Waals surface area (Å²) >= 11 is 1.59. The quantitative estimate of drug-likeness (QED) is 0.600. The van der Waals surface area contributed by atoms with Gasteiger partial charge >= 0.3 is 5.97 Å². The van der Waals surface area contributed by atoms with Crippen molar-refractivity contribution in [1.29, 1.82) is 0 Å². The fourth-order valence-electron chi connectivity index (χ4n) is 2.07. The van der Waals surface area contributed by atoms with Crippen molar-refractivity contribution in [3.63, 3.8) is 0 Å². The minimum atomic E-state index is -4.20. The SMILES string of the molecule is CSCCNc1cc(C(=O)O)cc(S(N)(=O)=O)c1Oc1ccccc1. The molecule has 0 amide bonds. The summed E-state index contributed by atoms with van der Waals surface area (Å²) in [5.41, 5.74) is 0.0536. The summed E-state index contributed by atoms with van der Waals surface area (Å²) in [4.78, 5) is 10.9. The van der Waals surface area contributed by atoms with Crippen molar-refractivity contribution in [3.8, 4) is 11.5 Å². The lowest BCUT2D eigenvalue weighted by Gasteiger charge is -2.17. The van der Waals surface area contributed by atoms with E-state index in [1.54, 1.807) is 42.1 Å². The van der Waals surface area contributed by atoms with Crippen molar-refractivity contribution in [2.45, 2.75) is 4.90 Å². The molecule has 25 heavy (non-hydrogen) atoms. The lowest BCUT2D eigenvalue weighted by atomic mass is 10.2. The molecule has 0 saturated carbocycles. The van der Waals surface area contributed by atoms with E-state index in [4.69, 9.17) is 9.88 Å². The summed E-state index contributed by atoms with van der Waals surface area (Å²) in [5.74, 6) is -0.139. The van der Waals surface area contributed by atoms with Gasteiger partial charge in [-0.2, -0.15) is 11.8 Å². The minimum Gasteiger partial charge on any atom is -0.478 e. The summed E-state index contributed by atoms with van der Waals surface area (Å²) in [6, 6.07) is 10.9. The van der Waals surface area contributed by atoms with Crippen LogP contribution in [0.3, 0.4) is 0 Å². The van der Waals surface area contributed by atoms with E-state index >= 15 is 0 Å². The van der Waals surface area contributed by atoms with Gasteiger partial charge < -0.3 is 15.2 Å². The van der Waals surface area contributed by atoms with Gasteiger partial charge in [-0.25, -0.2) is 18.4 Å². The van der Waals surface area contributed by atoms with Gasteiger partial charge in [0, 0.05) is 12.3 Å². The van der Waals surface area contributed by atoms with E-state index in [0.717, 1.165) is 11.8 Å². The van der Waals surface area contributed by atoms with E-state index in [0.29, 0.717) is 12.3 Å². The van der Waals surface area contributed by atoms with E-state index in [2.05, 4.69) is 5.32 Å². The highest BCUT2D eigenvalue weighted by Crippen LogP contribution is 2.37. The summed E-state index contributed by atoms with van der Waals surface area (Å²) in [5, 5.41) is 17.5. The molecule has 134 valence electrons. The first kappa shape index (κ1) is 19.1. The van der Waals surface area contributed by atoms with Crippen molar-refractivity contribution in [2.75, 3.05) is 23.9 Å². The predicted octanol–water partition coefficient (Wildman–Crippen LogP) is 2.60. The van der Waals surface area contributed by atoms with Crippen molar-refractivity contribution >= 4 is 33.4 Å². The minimum absolute atomic E-state index is 0.0280. The Kier molecular flexibility index (Phi) is 6.29. The Morgan fingerprint density at radius 2 is 1.96 bits per heavy atom. The average molecular weight is 382 g/mol. The maximum atomic E-state index is 12.0. The first-order chi connectivity index (χ1) is 11.8. The molecule has 0 atom stereocenters. The molecule has 7 nitrogen and oxygen atoms in total. The van der Waals surface area contributed by atoms with Gasteiger partial charge in [0.1, 0.15) is 10.6 Å². The number of primary sulfonamides is 1. The van der Waals surface area contributed by atoms with Gasteiger partial charge in [-0.3, -0.25) is 0 Å². The van der Waals surface area contributed by atoms with Crippen LogP contribution in [0.5, 0.6) is 11.5 Å². The van der Waals surface area contributed by atoms with Crippen molar-refractivity contribution < 1.29 is 23.1 Å². The highest BCUT2D eigenvalue weighted by Gasteiger charge is 2.23. The molecule has 2 aromatic rings. The maximum Gasteiger partial charge on any atom is 0.335 e. The normalized spacial score (nSPS) is 11.1. The van der Waals surface area contributed by atoms with Crippen LogP contribution >= 0.6 is 11.8 Å². The number of carbonyl (C=O) groups is 1. The van der Waals surface area contributed by atoms with Crippen molar-refractivity contribution in [1.82, 2.24) is 0 Å². The molecule has 0 radical (unpaired) electrons. The van der Waals surface area contributed by atoms with Crippen molar-refractivity contribution in [2.24, 2.45) is 5.14 Å². The first-order valence-corrected chi connectivity index (χ1v) is 10.2. The van der Waals surface area contributed by atoms with Gasteiger partial charge in [0.05, 0.1) is 11.3 Å². The predicted molar refractivity (Wildman–Crippen MR) is 98.2 cm³/mol. The third-order valence-electron chi connectivity index (χ3n) is 3.19. The van der Waals surface area contributed by atoms with Crippen LogP contribution in [0.4, 0.5) is 5.69 Å². The Morgan fingerprint density at radius 1 is 1.28 bits per heavy atom. The molecular weight excluding hydrogens is 364 g/mol. The largest absolute Gasteiger partial charge is 0.478 e. The van der Waals surface area contributed by atoms with Gasteiger partial charge in [-0.05, 0) is 30.5 Å². The number of rotatable bonds is 8. The molecule has 0 bridgehead atoms. The molecule has 0 aliphatic heterocycles. The standard InChI is InChI=1S/C16H18N2O5S2/c1-24-8-7-18-13-9-11(16(19)20)10-14(25(17,21)22)15(13)23-12-5-3-2-4-6-12/h2-6,9-10,18H,7-8H2,1H3,(H,19,20)(H2,17,21,22). The Morgan fingerprint density at radius 3 is 2.52 bits per heavy atom. The Hall–Kier alpha value is -2.23. The first-order valence-electron chi connectivity index (χ1n) is 7.22. The highest BCUT2D eigenvalue weighted by molar-refractivity contribution is 7.98. The molecule has 0 unspecified atom stereocenters. The lowest BCUT2D eigenvalue weighted by molar-refractivity contribution is 0.0696. The zero-order chi connectivity index (χ0) is 18.4. The molecule has 2 aromatic carbocycles.